The minimum absolute atomic E-state index is 0.152. The summed E-state index contributed by atoms with van der Waals surface area (Å²) in [6.07, 6.45) is 4.20. The summed E-state index contributed by atoms with van der Waals surface area (Å²) in [5.41, 5.74) is 0.696. The van der Waals surface area contributed by atoms with E-state index in [0.29, 0.717) is 29.4 Å². The lowest BCUT2D eigenvalue weighted by atomic mass is 10.1. The number of carboxylic acids is 1. The number of halogens is 1. The summed E-state index contributed by atoms with van der Waals surface area (Å²) in [7, 11) is 0. The van der Waals surface area contributed by atoms with Gasteiger partial charge in [0.2, 0.25) is 0 Å². The first kappa shape index (κ1) is 18.8. The van der Waals surface area contributed by atoms with Gasteiger partial charge in [-0.1, -0.05) is 11.6 Å². The van der Waals surface area contributed by atoms with Crippen molar-refractivity contribution in [3.05, 3.63) is 58.4 Å². The number of anilines is 1. The smallest absolute Gasteiger partial charge is 0.354 e. The van der Waals surface area contributed by atoms with E-state index >= 15 is 0 Å². The standard InChI is InChI=1S/C19H18ClN3O4/c20-13-5-6-14(18(25)23-8-2-1-3-9-23)16(10-13)22-17(24)12-4-7-15(19(26)27)21-11-12/h4-7,10-11H,1-3,8-9H2,(H,22,24)(H,26,27). The first-order valence-electron chi connectivity index (χ1n) is 8.55. The molecule has 2 heterocycles. The molecule has 2 N–H and O–H groups in total. The van der Waals surface area contributed by atoms with E-state index in [2.05, 4.69) is 10.3 Å². The molecule has 0 aliphatic carbocycles. The van der Waals surface area contributed by atoms with Gasteiger partial charge in [-0.25, -0.2) is 9.78 Å². The number of hydrogen-bond donors (Lipinski definition) is 2. The lowest BCUT2D eigenvalue weighted by Gasteiger charge is -2.27. The molecule has 0 unspecified atom stereocenters. The fourth-order valence-corrected chi connectivity index (χ4v) is 3.09. The van der Waals surface area contributed by atoms with Crippen molar-refractivity contribution >= 4 is 35.1 Å². The summed E-state index contributed by atoms with van der Waals surface area (Å²) in [4.78, 5) is 41.7. The van der Waals surface area contributed by atoms with E-state index in [4.69, 9.17) is 16.7 Å². The monoisotopic (exact) mass is 387 g/mol. The second-order valence-corrected chi connectivity index (χ2v) is 6.67. The van der Waals surface area contributed by atoms with Gasteiger partial charge < -0.3 is 15.3 Å². The van der Waals surface area contributed by atoms with Crippen LogP contribution in [0.1, 0.15) is 50.5 Å². The van der Waals surface area contributed by atoms with Gasteiger partial charge in [-0.3, -0.25) is 9.59 Å². The maximum absolute atomic E-state index is 12.8. The number of nitrogens with one attached hydrogen (secondary N) is 1. The van der Waals surface area contributed by atoms with Crippen molar-refractivity contribution < 1.29 is 19.5 Å². The molecule has 27 heavy (non-hydrogen) atoms. The van der Waals surface area contributed by atoms with E-state index in [9.17, 15) is 14.4 Å². The molecule has 7 nitrogen and oxygen atoms in total. The van der Waals surface area contributed by atoms with E-state index < -0.39 is 11.9 Å². The molecular weight excluding hydrogens is 370 g/mol. The Labute approximate surface area is 161 Å². The van der Waals surface area contributed by atoms with Gasteiger partial charge in [0.05, 0.1) is 16.8 Å². The first-order valence-corrected chi connectivity index (χ1v) is 8.93. The summed E-state index contributed by atoms with van der Waals surface area (Å²) in [5.74, 6) is -1.83. The lowest BCUT2D eigenvalue weighted by Crippen LogP contribution is -2.36. The van der Waals surface area contributed by atoms with Crippen molar-refractivity contribution in [2.45, 2.75) is 19.3 Å². The zero-order valence-corrected chi connectivity index (χ0v) is 15.2. The van der Waals surface area contributed by atoms with Crippen molar-refractivity contribution in [2.24, 2.45) is 0 Å². The maximum Gasteiger partial charge on any atom is 0.354 e. The Hall–Kier alpha value is -2.93. The fraction of sp³-hybridized carbons (Fsp3) is 0.263. The third-order valence-corrected chi connectivity index (χ3v) is 4.58. The summed E-state index contributed by atoms with van der Waals surface area (Å²) < 4.78 is 0. The average molecular weight is 388 g/mol. The zero-order chi connectivity index (χ0) is 19.4. The van der Waals surface area contributed by atoms with Crippen LogP contribution in [0.4, 0.5) is 5.69 Å². The number of pyridine rings is 1. The molecule has 0 atom stereocenters. The molecule has 1 aromatic heterocycles. The van der Waals surface area contributed by atoms with Gasteiger partial charge in [-0.15, -0.1) is 0 Å². The Balaban J connectivity index is 1.83. The fourth-order valence-electron chi connectivity index (χ4n) is 2.92. The summed E-state index contributed by atoms with van der Waals surface area (Å²) in [6.45, 7) is 1.38. The minimum Gasteiger partial charge on any atom is -0.477 e. The van der Waals surface area contributed by atoms with Gasteiger partial charge in [-0.2, -0.15) is 0 Å². The molecule has 1 aliphatic heterocycles. The lowest BCUT2D eigenvalue weighted by molar-refractivity contribution is 0.0687. The Morgan fingerprint density at radius 2 is 1.81 bits per heavy atom. The quantitative estimate of drug-likeness (QED) is 0.838. The number of amides is 2. The van der Waals surface area contributed by atoms with Gasteiger partial charge in [-0.05, 0) is 49.6 Å². The molecule has 1 aliphatic rings. The molecule has 1 saturated heterocycles. The summed E-state index contributed by atoms with van der Waals surface area (Å²) in [5, 5.41) is 11.9. The Morgan fingerprint density at radius 1 is 1.07 bits per heavy atom. The van der Waals surface area contributed by atoms with E-state index in [1.165, 1.54) is 24.4 Å². The Kier molecular flexibility index (Phi) is 5.71. The Morgan fingerprint density at radius 3 is 2.44 bits per heavy atom. The maximum atomic E-state index is 12.8. The van der Waals surface area contributed by atoms with Gasteiger partial charge in [0.15, 0.2) is 0 Å². The number of nitrogens with zero attached hydrogens (tertiary/aromatic N) is 2. The SMILES string of the molecule is O=C(Nc1cc(Cl)ccc1C(=O)N1CCCCC1)c1ccc(C(=O)O)nc1. The third-order valence-electron chi connectivity index (χ3n) is 4.35. The number of benzene rings is 1. The molecule has 140 valence electrons. The van der Waals surface area contributed by atoms with Gasteiger partial charge in [0.25, 0.3) is 11.8 Å². The molecule has 2 amide bonds. The number of aromatic nitrogens is 1. The van der Waals surface area contributed by atoms with Crippen LogP contribution >= 0.6 is 11.6 Å². The molecule has 0 radical (unpaired) electrons. The van der Waals surface area contributed by atoms with Crippen molar-refractivity contribution in [3.8, 4) is 0 Å². The van der Waals surface area contributed by atoms with Crippen LogP contribution in [-0.4, -0.2) is 45.9 Å². The number of aromatic carboxylic acids is 1. The molecule has 0 bridgehead atoms. The molecule has 1 fully saturated rings. The summed E-state index contributed by atoms with van der Waals surface area (Å²) >= 11 is 6.04. The molecule has 1 aromatic carbocycles. The zero-order valence-electron chi connectivity index (χ0n) is 14.4. The van der Waals surface area contributed by atoms with Crippen LogP contribution in [0.2, 0.25) is 5.02 Å². The number of piperidine rings is 1. The van der Waals surface area contributed by atoms with Crippen LogP contribution in [0.3, 0.4) is 0 Å². The number of carbonyl (C=O) groups excluding carboxylic acids is 2. The first-order chi connectivity index (χ1) is 13.0. The third kappa shape index (κ3) is 4.43. The van der Waals surface area contributed by atoms with Gasteiger partial charge in [0.1, 0.15) is 5.69 Å². The topological polar surface area (TPSA) is 99.6 Å². The minimum atomic E-state index is -1.17. The number of hydrogen-bond acceptors (Lipinski definition) is 4. The Bertz CT molecular complexity index is 877. The van der Waals surface area contributed by atoms with Crippen molar-refractivity contribution in [2.75, 3.05) is 18.4 Å². The molecular formula is C19H18ClN3O4. The second-order valence-electron chi connectivity index (χ2n) is 6.23. The molecule has 0 spiro atoms. The van der Waals surface area contributed by atoms with E-state index in [1.807, 2.05) is 0 Å². The highest BCUT2D eigenvalue weighted by molar-refractivity contribution is 6.31. The number of rotatable bonds is 4. The van der Waals surface area contributed by atoms with E-state index in [0.717, 1.165) is 19.3 Å². The van der Waals surface area contributed by atoms with E-state index in [-0.39, 0.29) is 17.2 Å². The normalized spacial score (nSPS) is 13.9. The predicted octanol–water partition coefficient (Wildman–Crippen LogP) is 3.31. The molecule has 3 rings (SSSR count). The van der Waals surface area contributed by atoms with Gasteiger partial charge in [0, 0.05) is 24.3 Å². The van der Waals surface area contributed by atoms with Crippen molar-refractivity contribution in [1.82, 2.24) is 9.88 Å². The van der Waals surface area contributed by atoms with Crippen molar-refractivity contribution in [1.29, 1.82) is 0 Å². The highest BCUT2D eigenvalue weighted by Gasteiger charge is 2.22. The molecule has 8 heteroatoms. The highest BCUT2D eigenvalue weighted by Crippen LogP contribution is 2.24. The number of carbonyl (C=O) groups is 3. The second kappa shape index (κ2) is 8.18. The largest absolute Gasteiger partial charge is 0.477 e. The number of likely N-dealkylation sites (tertiary alicyclic amines) is 1. The van der Waals surface area contributed by atoms with Crippen LogP contribution < -0.4 is 5.32 Å². The highest BCUT2D eigenvalue weighted by atomic mass is 35.5. The van der Waals surface area contributed by atoms with Crippen LogP contribution in [0.15, 0.2) is 36.5 Å². The van der Waals surface area contributed by atoms with Crippen molar-refractivity contribution in [3.63, 3.8) is 0 Å². The van der Waals surface area contributed by atoms with Crippen LogP contribution in [0.5, 0.6) is 0 Å². The summed E-state index contributed by atoms with van der Waals surface area (Å²) in [6, 6.07) is 7.34. The average Bonchev–Trinajstić information content (AvgIpc) is 2.68. The number of carboxylic acid groups (broad SMARTS) is 1. The van der Waals surface area contributed by atoms with Crippen LogP contribution in [0.25, 0.3) is 0 Å². The van der Waals surface area contributed by atoms with Gasteiger partial charge >= 0.3 is 5.97 Å². The van der Waals surface area contributed by atoms with E-state index in [1.54, 1.807) is 17.0 Å². The van der Waals surface area contributed by atoms with Crippen LogP contribution in [0, 0.1) is 0 Å². The molecule has 0 saturated carbocycles. The predicted molar refractivity (Wildman–Crippen MR) is 100 cm³/mol. The van der Waals surface area contributed by atoms with Crippen LogP contribution in [-0.2, 0) is 0 Å². The molecule has 2 aromatic rings.